The highest BCUT2D eigenvalue weighted by Gasteiger charge is 2.18. The Morgan fingerprint density at radius 1 is 0.738 bits per heavy atom. The molecule has 19 heteroatoms. The second-order valence-corrected chi connectivity index (χ2v) is 13.5. The number of pyridine rings is 2. The molecule has 0 saturated heterocycles. The first kappa shape index (κ1) is 39.2. The van der Waals surface area contributed by atoms with E-state index in [-0.39, 0.29) is 44.6 Å². The van der Waals surface area contributed by atoms with E-state index >= 15 is 0 Å². The second kappa shape index (κ2) is 23.2. The van der Waals surface area contributed by atoms with Crippen molar-refractivity contribution in [3.63, 3.8) is 0 Å². The SMILES string of the molecule is CCOC(C)n1ccc(-c2cccc(N)c2OC)n1.[2H]C([2H])([2H])NC(=O)c1cnc(Cl)cc1Cl.[2H]C([2H])([2H])NC(=O)c1cnc(Cl)cc1Nc1cccc(-c2ccn(C(C)OCC)n2)c1OC. The van der Waals surface area contributed by atoms with Gasteiger partial charge in [0.2, 0.25) is 0 Å². The van der Waals surface area contributed by atoms with E-state index in [0.29, 0.717) is 47.3 Å². The number of rotatable bonds is 14. The fraction of sp³-hybridized carbons (Fsp3) is 0.286. The van der Waals surface area contributed by atoms with Crippen LogP contribution in [-0.2, 0) is 9.47 Å². The van der Waals surface area contributed by atoms with Gasteiger partial charge in [-0.05, 0) is 76.2 Å². The van der Waals surface area contributed by atoms with Gasteiger partial charge < -0.3 is 40.6 Å². The first-order chi connectivity index (χ1) is 31.6. The molecule has 4 aromatic heterocycles. The number of halogens is 3. The number of carbonyl (C=O) groups excluding carboxylic acids is 2. The maximum Gasteiger partial charge on any atom is 0.254 e. The molecule has 0 aliphatic heterocycles. The number of amides is 2. The van der Waals surface area contributed by atoms with Crippen molar-refractivity contribution < 1.29 is 36.8 Å². The molecule has 0 bridgehead atoms. The molecule has 2 atom stereocenters. The molecule has 324 valence electrons. The van der Waals surface area contributed by atoms with E-state index in [2.05, 4.69) is 25.5 Å². The number of para-hydroxylation sites is 2. The molecule has 6 aromatic rings. The number of nitrogens with two attached hydrogens (primary N) is 1. The largest absolute Gasteiger partial charge is 0.494 e. The standard InChI is InChI=1S/C21H24ClN5O3.C14H19N3O2.C7H6Cl2N2O/c1-5-30-13(2)27-10-9-16(26-27)14-7-6-8-17(20(14)29-4)25-18-11-19(22)24-12-15(18)21(28)23-3;1-4-19-10(2)17-9-8-13(16-17)11-6-5-7-12(15)14(11)18-3;1-10-7(12)4-3-11-6(9)2-5(4)8/h6-13H,5H2,1-4H3,(H,23,28)(H,24,25);5-10H,4,15H2,1-3H3;2-3H,1H3,(H,10,12)/i3D3;;1D3. The Hall–Kier alpha value is -5.91. The maximum atomic E-state index is 12.5. The first-order valence-electron chi connectivity index (χ1n) is 21.4. The predicted molar refractivity (Wildman–Crippen MR) is 239 cm³/mol. The third-order valence-corrected chi connectivity index (χ3v) is 9.20. The van der Waals surface area contributed by atoms with Crippen LogP contribution in [-0.4, -0.2) is 82.7 Å². The average Bonchev–Trinajstić information content (AvgIpc) is 3.95. The number of aromatic nitrogens is 6. The topological polar surface area (TPSA) is 195 Å². The van der Waals surface area contributed by atoms with Crippen LogP contribution in [0.25, 0.3) is 22.5 Å². The molecular weight excluding hydrogens is 847 g/mol. The number of anilines is 3. The summed E-state index contributed by atoms with van der Waals surface area (Å²) in [5.74, 6) is -0.511. The Bertz CT molecular complexity index is 2610. The van der Waals surface area contributed by atoms with Crippen LogP contribution in [0.15, 0.2) is 85.5 Å². The smallest absolute Gasteiger partial charge is 0.254 e. The van der Waals surface area contributed by atoms with Gasteiger partial charge >= 0.3 is 0 Å². The summed E-state index contributed by atoms with van der Waals surface area (Å²) in [6.07, 6.45) is 5.71. The lowest BCUT2D eigenvalue weighted by Gasteiger charge is -2.16. The van der Waals surface area contributed by atoms with Crippen molar-refractivity contribution in [2.75, 3.05) is 52.4 Å². The Morgan fingerprint density at radius 3 is 1.77 bits per heavy atom. The van der Waals surface area contributed by atoms with Crippen molar-refractivity contribution in [1.82, 2.24) is 40.2 Å². The van der Waals surface area contributed by atoms with Crippen molar-refractivity contribution in [2.24, 2.45) is 0 Å². The van der Waals surface area contributed by atoms with Crippen molar-refractivity contribution in [2.45, 2.75) is 40.2 Å². The van der Waals surface area contributed by atoms with Crippen LogP contribution < -0.4 is 31.2 Å². The van der Waals surface area contributed by atoms with E-state index in [4.69, 9.17) is 67.7 Å². The van der Waals surface area contributed by atoms with E-state index in [9.17, 15) is 9.59 Å². The molecule has 61 heavy (non-hydrogen) atoms. The zero-order chi connectivity index (χ0) is 49.6. The van der Waals surface area contributed by atoms with Crippen molar-refractivity contribution >= 4 is 63.7 Å². The van der Waals surface area contributed by atoms with Gasteiger partial charge in [0.25, 0.3) is 11.8 Å². The third kappa shape index (κ3) is 12.6. The van der Waals surface area contributed by atoms with Gasteiger partial charge in [-0.3, -0.25) is 9.59 Å². The van der Waals surface area contributed by atoms with Crippen LogP contribution in [0.1, 0.15) is 69.1 Å². The van der Waals surface area contributed by atoms with Crippen molar-refractivity contribution in [3.05, 3.63) is 112 Å². The minimum atomic E-state index is -2.65. The first-order valence-corrected chi connectivity index (χ1v) is 19.5. The van der Waals surface area contributed by atoms with Crippen LogP contribution in [0.4, 0.5) is 17.1 Å². The average molecular weight is 902 g/mol. The molecule has 2 unspecified atom stereocenters. The van der Waals surface area contributed by atoms with Gasteiger partial charge in [-0.15, -0.1) is 0 Å². The molecule has 0 saturated carbocycles. The number of ether oxygens (including phenoxy) is 4. The zero-order valence-electron chi connectivity index (χ0n) is 40.0. The van der Waals surface area contributed by atoms with Gasteiger partial charge in [0.15, 0.2) is 11.5 Å². The summed E-state index contributed by atoms with van der Waals surface area (Å²) < 4.78 is 67.9. The van der Waals surface area contributed by atoms with Crippen LogP contribution in [0.2, 0.25) is 15.3 Å². The van der Waals surface area contributed by atoms with E-state index in [1.54, 1.807) is 33.9 Å². The number of nitrogens with zero attached hydrogens (tertiary/aromatic N) is 6. The van der Waals surface area contributed by atoms with E-state index in [1.165, 1.54) is 25.4 Å². The predicted octanol–water partition coefficient (Wildman–Crippen LogP) is 8.71. The maximum absolute atomic E-state index is 12.5. The summed E-state index contributed by atoms with van der Waals surface area (Å²) in [5.41, 5.74) is 10.3. The number of benzene rings is 2. The van der Waals surface area contributed by atoms with Gasteiger partial charge in [-0.25, -0.2) is 19.3 Å². The van der Waals surface area contributed by atoms with Gasteiger partial charge in [-0.2, -0.15) is 10.2 Å². The Labute approximate surface area is 378 Å². The quantitative estimate of drug-likeness (QED) is 0.0601. The molecule has 5 N–H and O–H groups in total. The summed E-state index contributed by atoms with van der Waals surface area (Å²) in [6, 6.07) is 17.5. The summed E-state index contributed by atoms with van der Waals surface area (Å²) in [7, 11) is 3.13. The molecule has 2 amide bonds. The third-order valence-electron chi connectivity index (χ3n) is 8.47. The summed E-state index contributed by atoms with van der Waals surface area (Å²) in [6.45, 7) is 3.73. The minimum absolute atomic E-state index is 0.0119. The molecular formula is C42H49Cl3N10O6. The highest BCUT2D eigenvalue weighted by atomic mass is 35.5. The lowest BCUT2D eigenvalue weighted by atomic mass is 10.1. The molecule has 0 spiro atoms. The highest BCUT2D eigenvalue weighted by molar-refractivity contribution is 6.36. The van der Waals surface area contributed by atoms with Gasteiger partial charge in [-0.1, -0.05) is 46.9 Å². The zero-order valence-corrected chi connectivity index (χ0v) is 36.3. The number of nitrogen functional groups attached to an aromatic ring is 1. The molecule has 6 rings (SSSR count). The van der Waals surface area contributed by atoms with E-state index in [1.807, 2.05) is 81.8 Å². The number of methoxy groups -OCH3 is 2. The van der Waals surface area contributed by atoms with Gasteiger partial charge in [0.05, 0.1) is 58.8 Å². The number of hydrogen-bond acceptors (Lipinski definition) is 12. The fourth-order valence-electron chi connectivity index (χ4n) is 5.61. The van der Waals surface area contributed by atoms with Crippen LogP contribution in [0, 0.1) is 0 Å². The van der Waals surface area contributed by atoms with Gasteiger partial charge in [0.1, 0.15) is 22.8 Å². The molecule has 0 aliphatic carbocycles. The summed E-state index contributed by atoms with van der Waals surface area (Å²) in [4.78, 5) is 31.4. The summed E-state index contributed by atoms with van der Waals surface area (Å²) in [5, 5.41) is 16.2. The van der Waals surface area contributed by atoms with Crippen LogP contribution in [0.3, 0.4) is 0 Å². The van der Waals surface area contributed by atoms with Gasteiger partial charge in [0, 0.05) is 71.3 Å². The van der Waals surface area contributed by atoms with Crippen molar-refractivity contribution in [3.8, 4) is 34.0 Å². The second-order valence-electron chi connectivity index (χ2n) is 12.4. The minimum Gasteiger partial charge on any atom is -0.494 e. The summed E-state index contributed by atoms with van der Waals surface area (Å²) >= 11 is 17.2. The number of carbonyl (C=O) groups is 2. The lowest BCUT2D eigenvalue weighted by molar-refractivity contribution is 0.0159. The number of nitrogens with one attached hydrogen (secondary N) is 3. The lowest BCUT2D eigenvalue weighted by Crippen LogP contribution is -2.19. The van der Waals surface area contributed by atoms with E-state index in [0.717, 1.165) is 17.5 Å². The highest BCUT2D eigenvalue weighted by Crippen LogP contribution is 2.38. The molecule has 16 nitrogen and oxygen atoms in total. The molecule has 0 radical (unpaired) electrons. The van der Waals surface area contributed by atoms with E-state index < -0.39 is 25.8 Å². The van der Waals surface area contributed by atoms with Crippen molar-refractivity contribution in [1.29, 1.82) is 0 Å². The fourth-order valence-corrected chi connectivity index (χ4v) is 6.22. The monoisotopic (exact) mass is 900 g/mol. The normalized spacial score (nSPS) is 13.4. The Kier molecular flexibility index (Phi) is 14.9. The molecule has 4 heterocycles. The molecule has 0 aliphatic rings. The number of hydrogen-bond donors (Lipinski definition) is 4. The Balaban J connectivity index is 0.000000243. The molecule has 2 aromatic carbocycles. The van der Waals surface area contributed by atoms with Crippen LogP contribution in [0.5, 0.6) is 11.5 Å². The molecule has 0 fully saturated rings. The van der Waals surface area contributed by atoms with Crippen LogP contribution >= 0.6 is 34.8 Å². The Morgan fingerprint density at radius 2 is 1.25 bits per heavy atom.